The van der Waals surface area contributed by atoms with Crippen LogP contribution in [-0.4, -0.2) is 47.8 Å². The molecule has 0 aromatic carbocycles. The number of rotatable bonds is 4. The molecule has 1 fully saturated rings. The molecular weight excluding hydrogens is 275 g/mol. The number of nitrogens with zero attached hydrogens (tertiary/aromatic N) is 2. The minimum absolute atomic E-state index is 0. The summed E-state index contributed by atoms with van der Waals surface area (Å²) in [6.07, 6.45) is 4.46. The first-order valence-electron chi connectivity index (χ1n) is 5.63. The Morgan fingerprint density at radius 1 is 1.50 bits per heavy atom. The highest BCUT2D eigenvalue weighted by Crippen LogP contribution is 2.21. The number of aromatic nitrogens is 1. The fourth-order valence-corrected chi connectivity index (χ4v) is 2.15. The van der Waals surface area contributed by atoms with Crippen molar-refractivity contribution in [2.45, 2.75) is 12.5 Å². The summed E-state index contributed by atoms with van der Waals surface area (Å²) in [5, 5.41) is 9.11. The van der Waals surface area contributed by atoms with E-state index in [2.05, 4.69) is 16.9 Å². The number of ether oxygens (including phenoxy) is 1. The van der Waals surface area contributed by atoms with Crippen molar-refractivity contribution in [1.82, 2.24) is 9.88 Å². The molecule has 2 rings (SSSR count). The SMILES string of the molecule is CN1C[C@@H](CO)CC1COc1cccnc1.Cl.Cl. The van der Waals surface area contributed by atoms with Crippen molar-refractivity contribution < 1.29 is 9.84 Å². The number of halogens is 2. The molecule has 1 aliphatic rings. The first-order valence-corrected chi connectivity index (χ1v) is 5.63. The maximum atomic E-state index is 9.11. The minimum atomic E-state index is 0. The smallest absolute Gasteiger partial charge is 0.137 e. The molecule has 2 heterocycles. The highest BCUT2D eigenvalue weighted by Gasteiger charge is 2.29. The molecule has 0 radical (unpaired) electrons. The van der Waals surface area contributed by atoms with Gasteiger partial charge in [0, 0.05) is 25.4 Å². The topological polar surface area (TPSA) is 45.6 Å². The van der Waals surface area contributed by atoms with Crippen LogP contribution in [0.25, 0.3) is 0 Å². The molecule has 0 bridgehead atoms. The van der Waals surface area contributed by atoms with Gasteiger partial charge in [-0.05, 0) is 31.5 Å². The normalized spacial score (nSPS) is 23.0. The van der Waals surface area contributed by atoms with E-state index in [1.54, 1.807) is 12.4 Å². The van der Waals surface area contributed by atoms with E-state index in [-0.39, 0.29) is 31.4 Å². The Labute approximate surface area is 120 Å². The molecule has 1 aromatic heterocycles. The summed E-state index contributed by atoms with van der Waals surface area (Å²) in [5.41, 5.74) is 0. The van der Waals surface area contributed by atoms with Crippen LogP contribution in [-0.2, 0) is 0 Å². The van der Waals surface area contributed by atoms with Gasteiger partial charge in [0.25, 0.3) is 0 Å². The Morgan fingerprint density at radius 3 is 2.83 bits per heavy atom. The predicted octanol–water partition coefficient (Wildman–Crippen LogP) is 1.62. The van der Waals surface area contributed by atoms with Gasteiger partial charge in [0.1, 0.15) is 12.4 Å². The van der Waals surface area contributed by atoms with Crippen LogP contribution in [0.3, 0.4) is 0 Å². The largest absolute Gasteiger partial charge is 0.490 e. The highest BCUT2D eigenvalue weighted by molar-refractivity contribution is 5.85. The van der Waals surface area contributed by atoms with Crippen LogP contribution in [0.15, 0.2) is 24.5 Å². The molecule has 1 saturated heterocycles. The van der Waals surface area contributed by atoms with Gasteiger partial charge in [-0.1, -0.05) is 0 Å². The molecule has 2 atom stereocenters. The zero-order chi connectivity index (χ0) is 11.4. The molecule has 0 saturated carbocycles. The van der Waals surface area contributed by atoms with Crippen LogP contribution in [0.1, 0.15) is 6.42 Å². The summed E-state index contributed by atoms with van der Waals surface area (Å²) < 4.78 is 5.67. The lowest BCUT2D eigenvalue weighted by Gasteiger charge is -2.19. The van der Waals surface area contributed by atoms with E-state index in [1.165, 1.54) is 0 Å². The molecule has 1 unspecified atom stereocenters. The van der Waals surface area contributed by atoms with Crippen LogP contribution in [0.2, 0.25) is 0 Å². The molecule has 0 aliphatic carbocycles. The molecule has 1 aliphatic heterocycles. The molecule has 104 valence electrons. The van der Waals surface area contributed by atoms with E-state index in [0.29, 0.717) is 18.6 Å². The lowest BCUT2D eigenvalue weighted by Crippen LogP contribution is -2.30. The van der Waals surface area contributed by atoms with Gasteiger partial charge >= 0.3 is 0 Å². The molecule has 18 heavy (non-hydrogen) atoms. The summed E-state index contributed by atoms with van der Waals surface area (Å²) in [4.78, 5) is 6.25. The van der Waals surface area contributed by atoms with Crippen LogP contribution in [0.4, 0.5) is 0 Å². The third-order valence-electron chi connectivity index (χ3n) is 3.11. The van der Waals surface area contributed by atoms with Gasteiger partial charge in [0.2, 0.25) is 0 Å². The maximum Gasteiger partial charge on any atom is 0.137 e. The quantitative estimate of drug-likeness (QED) is 0.917. The van der Waals surface area contributed by atoms with Crippen LogP contribution >= 0.6 is 24.8 Å². The van der Waals surface area contributed by atoms with Gasteiger partial charge in [-0.3, -0.25) is 9.88 Å². The van der Waals surface area contributed by atoms with Crippen molar-refractivity contribution in [3.63, 3.8) is 0 Å². The third-order valence-corrected chi connectivity index (χ3v) is 3.11. The summed E-state index contributed by atoms with van der Waals surface area (Å²) in [7, 11) is 2.08. The number of hydrogen-bond acceptors (Lipinski definition) is 4. The summed E-state index contributed by atoms with van der Waals surface area (Å²) >= 11 is 0. The molecule has 0 amide bonds. The first-order chi connectivity index (χ1) is 7.79. The lowest BCUT2D eigenvalue weighted by molar-refractivity contribution is 0.197. The molecule has 0 spiro atoms. The minimum Gasteiger partial charge on any atom is -0.490 e. The number of aliphatic hydroxyl groups excluding tert-OH is 1. The van der Waals surface area contributed by atoms with Crippen molar-refractivity contribution >= 4 is 24.8 Å². The van der Waals surface area contributed by atoms with Gasteiger partial charge in [0.15, 0.2) is 0 Å². The Morgan fingerprint density at radius 2 is 2.28 bits per heavy atom. The molecular formula is C12H20Cl2N2O2. The Kier molecular flexibility index (Phi) is 8.27. The summed E-state index contributed by atoms with van der Waals surface area (Å²) in [6, 6.07) is 4.17. The Hall–Kier alpha value is -0.550. The van der Waals surface area contributed by atoms with Gasteiger partial charge in [-0.25, -0.2) is 0 Å². The lowest BCUT2D eigenvalue weighted by atomic mass is 10.1. The van der Waals surface area contributed by atoms with Gasteiger partial charge < -0.3 is 9.84 Å². The van der Waals surface area contributed by atoms with E-state index in [1.807, 2.05) is 12.1 Å². The van der Waals surface area contributed by atoms with E-state index in [9.17, 15) is 0 Å². The zero-order valence-corrected chi connectivity index (χ0v) is 12.0. The molecule has 4 nitrogen and oxygen atoms in total. The monoisotopic (exact) mass is 294 g/mol. The van der Waals surface area contributed by atoms with Gasteiger partial charge in [0.05, 0.1) is 6.20 Å². The molecule has 1 N–H and O–H groups in total. The van der Waals surface area contributed by atoms with Crippen LogP contribution < -0.4 is 4.74 Å². The van der Waals surface area contributed by atoms with E-state index in [0.717, 1.165) is 18.7 Å². The van der Waals surface area contributed by atoms with E-state index in [4.69, 9.17) is 9.84 Å². The van der Waals surface area contributed by atoms with Crippen molar-refractivity contribution in [1.29, 1.82) is 0 Å². The van der Waals surface area contributed by atoms with Crippen molar-refractivity contribution in [2.75, 3.05) is 26.8 Å². The second-order valence-corrected chi connectivity index (χ2v) is 4.38. The van der Waals surface area contributed by atoms with Crippen molar-refractivity contribution in [3.8, 4) is 5.75 Å². The maximum absolute atomic E-state index is 9.11. The van der Waals surface area contributed by atoms with Gasteiger partial charge in [-0.2, -0.15) is 0 Å². The Bertz CT molecular complexity index is 327. The third kappa shape index (κ3) is 4.61. The van der Waals surface area contributed by atoms with E-state index < -0.39 is 0 Å². The second kappa shape index (κ2) is 8.53. The summed E-state index contributed by atoms with van der Waals surface area (Å²) in [5.74, 6) is 1.20. The highest BCUT2D eigenvalue weighted by atomic mass is 35.5. The van der Waals surface area contributed by atoms with Crippen molar-refractivity contribution in [2.24, 2.45) is 5.92 Å². The van der Waals surface area contributed by atoms with Gasteiger partial charge in [-0.15, -0.1) is 24.8 Å². The standard InChI is InChI=1S/C12H18N2O2.2ClH/c1-14-7-10(8-15)5-11(14)9-16-12-3-2-4-13-6-12;;/h2-4,6,10-11,15H,5,7-9H2,1H3;2*1H/t10-,11?;;/m0../s1. The fourth-order valence-electron chi connectivity index (χ4n) is 2.15. The summed E-state index contributed by atoms with van der Waals surface area (Å²) in [6.45, 7) is 1.89. The Balaban J connectivity index is 0.00000144. The van der Waals surface area contributed by atoms with Crippen LogP contribution in [0, 0.1) is 5.92 Å². The first kappa shape index (κ1) is 17.4. The predicted molar refractivity (Wildman–Crippen MR) is 75.8 cm³/mol. The number of likely N-dealkylation sites (N-methyl/N-ethyl adjacent to an activating group) is 1. The number of likely N-dealkylation sites (tertiary alicyclic amines) is 1. The average Bonchev–Trinajstić information content (AvgIpc) is 2.69. The average molecular weight is 295 g/mol. The van der Waals surface area contributed by atoms with E-state index >= 15 is 0 Å². The zero-order valence-electron chi connectivity index (χ0n) is 10.4. The van der Waals surface area contributed by atoms with Crippen LogP contribution in [0.5, 0.6) is 5.75 Å². The number of hydrogen-bond donors (Lipinski definition) is 1. The number of pyridine rings is 1. The second-order valence-electron chi connectivity index (χ2n) is 4.38. The fraction of sp³-hybridized carbons (Fsp3) is 0.583. The molecule has 1 aromatic rings. The number of aliphatic hydroxyl groups is 1. The van der Waals surface area contributed by atoms with Crippen molar-refractivity contribution in [3.05, 3.63) is 24.5 Å². The molecule has 6 heteroatoms.